The lowest BCUT2D eigenvalue weighted by Gasteiger charge is -2.40. The van der Waals surface area contributed by atoms with E-state index in [1.54, 1.807) is 0 Å². The number of rotatable bonds is 0. The molecule has 2 rings (SSSR count). The van der Waals surface area contributed by atoms with E-state index in [-0.39, 0.29) is 11.9 Å². The summed E-state index contributed by atoms with van der Waals surface area (Å²) in [4.78, 5) is 13.7. The van der Waals surface area contributed by atoms with Gasteiger partial charge in [-0.1, -0.05) is 0 Å². The molecule has 2 fully saturated rings. The summed E-state index contributed by atoms with van der Waals surface area (Å²) >= 11 is 2.28. The predicted octanol–water partition coefficient (Wildman–Crippen LogP) is -0.548. The van der Waals surface area contributed by atoms with Gasteiger partial charge in [-0.2, -0.15) is 0 Å². The first kappa shape index (κ1) is 8.71. The van der Waals surface area contributed by atoms with Crippen LogP contribution < -0.4 is 5.32 Å². The summed E-state index contributed by atoms with van der Waals surface area (Å²) in [5, 5.41) is 2.89. The lowest BCUT2D eigenvalue weighted by Crippen LogP contribution is -2.62. The van der Waals surface area contributed by atoms with Crippen LogP contribution in [-0.2, 0) is 4.79 Å². The van der Waals surface area contributed by atoms with Crippen LogP contribution in [0.1, 0.15) is 0 Å². The second-order valence-corrected chi connectivity index (χ2v) is 4.58. The van der Waals surface area contributed by atoms with Gasteiger partial charge in [0.15, 0.2) is 0 Å². The van der Waals surface area contributed by atoms with Crippen LogP contribution in [0.2, 0.25) is 0 Å². The number of hydrogen-bond donors (Lipinski definition) is 1. The number of amides is 1. The Hall–Kier alpha value is 0.120. The van der Waals surface area contributed by atoms with E-state index in [1.165, 1.54) is 0 Å². The number of halogens is 1. The van der Waals surface area contributed by atoms with Crippen molar-refractivity contribution in [3.63, 3.8) is 0 Å². The van der Waals surface area contributed by atoms with Gasteiger partial charge in [0, 0.05) is 55.6 Å². The normalized spacial score (nSPS) is 32.8. The fourth-order valence-corrected chi connectivity index (χ4v) is 2.33. The summed E-state index contributed by atoms with van der Waals surface area (Å²) in [7, 11) is 0. The fraction of sp³-hybridized carbons (Fsp3) is 0.857. The number of nitrogens with one attached hydrogen (secondary N) is 1. The van der Waals surface area contributed by atoms with E-state index < -0.39 is 0 Å². The van der Waals surface area contributed by atoms with Crippen LogP contribution in [0, 0.1) is 0 Å². The van der Waals surface area contributed by atoms with Crippen molar-refractivity contribution in [2.75, 3.05) is 32.7 Å². The first-order chi connectivity index (χ1) is 5.77. The van der Waals surface area contributed by atoms with Gasteiger partial charge in [0.2, 0.25) is 5.91 Å². The smallest absolute Gasteiger partial charge is 0.238 e. The molecule has 1 N–H and O–H groups in total. The highest BCUT2D eigenvalue weighted by atomic mass is 127. The van der Waals surface area contributed by atoms with Crippen molar-refractivity contribution in [1.29, 1.82) is 0 Å². The number of piperazine rings is 2. The Labute approximate surface area is 85.8 Å². The first-order valence-corrected chi connectivity index (χ1v) is 5.16. The standard InChI is InChI=1S/C7H12IN3O/c8-11-4-3-10-2-1-9-7(12)6(10)5-11/h6H,1-5H2,(H,9,12). The number of carbonyl (C=O) groups is 1. The Morgan fingerprint density at radius 2 is 2.25 bits per heavy atom. The molecule has 0 radical (unpaired) electrons. The van der Waals surface area contributed by atoms with Crippen molar-refractivity contribution in [3.05, 3.63) is 0 Å². The van der Waals surface area contributed by atoms with Crippen molar-refractivity contribution in [1.82, 2.24) is 13.3 Å². The minimum Gasteiger partial charge on any atom is -0.353 e. The van der Waals surface area contributed by atoms with Crippen LogP contribution in [0.25, 0.3) is 0 Å². The lowest BCUT2D eigenvalue weighted by atomic mass is 10.1. The summed E-state index contributed by atoms with van der Waals surface area (Å²) in [5.41, 5.74) is 0. The Balaban J connectivity index is 2.05. The SMILES string of the molecule is O=C1NCCN2CCN(I)CC12. The van der Waals surface area contributed by atoms with E-state index in [1.807, 2.05) is 0 Å². The van der Waals surface area contributed by atoms with E-state index in [0.717, 1.165) is 32.7 Å². The third kappa shape index (κ3) is 1.57. The highest BCUT2D eigenvalue weighted by Gasteiger charge is 2.33. The zero-order chi connectivity index (χ0) is 8.55. The molecule has 12 heavy (non-hydrogen) atoms. The zero-order valence-electron chi connectivity index (χ0n) is 6.79. The van der Waals surface area contributed by atoms with Crippen LogP contribution in [0.3, 0.4) is 0 Å². The van der Waals surface area contributed by atoms with Gasteiger partial charge in [0.05, 0.1) is 0 Å². The molecule has 68 valence electrons. The summed E-state index contributed by atoms with van der Waals surface area (Å²) in [6.07, 6.45) is 0. The van der Waals surface area contributed by atoms with Gasteiger partial charge in [-0.15, -0.1) is 0 Å². The molecule has 0 aromatic heterocycles. The van der Waals surface area contributed by atoms with Crippen LogP contribution in [-0.4, -0.2) is 52.7 Å². The molecule has 0 bridgehead atoms. The molecular formula is C7H12IN3O. The van der Waals surface area contributed by atoms with Crippen LogP contribution >= 0.6 is 22.9 Å². The molecule has 2 heterocycles. The Morgan fingerprint density at radius 3 is 3.08 bits per heavy atom. The van der Waals surface area contributed by atoms with E-state index in [4.69, 9.17) is 0 Å². The second-order valence-electron chi connectivity index (χ2n) is 3.21. The van der Waals surface area contributed by atoms with Crippen molar-refractivity contribution >= 4 is 28.8 Å². The Bertz CT molecular complexity index is 199. The van der Waals surface area contributed by atoms with E-state index >= 15 is 0 Å². The van der Waals surface area contributed by atoms with Gasteiger partial charge >= 0.3 is 0 Å². The van der Waals surface area contributed by atoms with Crippen molar-refractivity contribution in [3.8, 4) is 0 Å². The maximum absolute atomic E-state index is 11.4. The topological polar surface area (TPSA) is 35.6 Å². The van der Waals surface area contributed by atoms with Gasteiger partial charge in [-0.3, -0.25) is 9.69 Å². The average Bonchev–Trinajstić information content (AvgIpc) is 2.07. The monoisotopic (exact) mass is 281 g/mol. The summed E-state index contributed by atoms with van der Waals surface area (Å²) in [5.74, 6) is 0.197. The summed E-state index contributed by atoms with van der Waals surface area (Å²) < 4.78 is 2.18. The van der Waals surface area contributed by atoms with E-state index in [2.05, 4.69) is 36.2 Å². The molecule has 1 atom stereocenters. The highest BCUT2D eigenvalue weighted by molar-refractivity contribution is 14.1. The van der Waals surface area contributed by atoms with Gasteiger partial charge < -0.3 is 5.32 Å². The van der Waals surface area contributed by atoms with E-state index in [0.29, 0.717) is 0 Å². The second kappa shape index (κ2) is 3.47. The third-order valence-corrected chi connectivity index (χ3v) is 3.32. The fourth-order valence-electron chi connectivity index (χ4n) is 1.74. The quantitative estimate of drug-likeness (QED) is 0.478. The summed E-state index contributed by atoms with van der Waals surface area (Å²) in [6, 6.07) is 0.101. The van der Waals surface area contributed by atoms with Crippen LogP contribution in [0.4, 0.5) is 0 Å². The third-order valence-electron chi connectivity index (χ3n) is 2.44. The largest absolute Gasteiger partial charge is 0.353 e. The summed E-state index contributed by atoms with van der Waals surface area (Å²) in [6.45, 7) is 4.80. The Kier molecular flexibility index (Phi) is 2.52. The molecule has 2 saturated heterocycles. The number of fused-ring (bicyclic) bond motifs is 1. The average molecular weight is 281 g/mol. The van der Waals surface area contributed by atoms with Gasteiger partial charge in [0.1, 0.15) is 6.04 Å². The molecule has 0 aromatic carbocycles. The van der Waals surface area contributed by atoms with Crippen LogP contribution in [0.15, 0.2) is 0 Å². The number of nitrogens with zero attached hydrogens (tertiary/aromatic N) is 2. The molecule has 0 saturated carbocycles. The lowest BCUT2D eigenvalue weighted by molar-refractivity contribution is -0.130. The zero-order valence-corrected chi connectivity index (χ0v) is 8.95. The number of carbonyl (C=O) groups excluding carboxylic acids is 1. The van der Waals surface area contributed by atoms with Crippen molar-refractivity contribution in [2.45, 2.75) is 6.04 Å². The Morgan fingerprint density at radius 1 is 1.42 bits per heavy atom. The van der Waals surface area contributed by atoms with Crippen LogP contribution in [0.5, 0.6) is 0 Å². The maximum Gasteiger partial charge on any atom is 0.238 e. The molecule has 0 spiro atoms. The highest BCUT2D eigenvalue weighted by Crippen LogP contribution is 2.14. The molecule has 1 unspecified atom stereocenters. The molecule has 1 amide bonds. The molecule has 2 aliphatic rings. The predicted molar refractivity (Wildman–Crippen MR) is 54.0 cm³/mol. The minimum absolute atomic E-state index is 0.101. The van der Waals surface area contributed by atoms with Gasteiger partial charge in [0.25, 0.3) is 0 Å². The molecule has 5 heteroatoms. The number of hydrogen-bond acceptors (Lipinski definition) is 3. The molecule has 4 nitrogen and oxygen atoms in total. The van der Waals surface area contributed by atoms with Crippen molar-refractivity contribution < 1.29 is 4.79 Å². The molecular weight excluding hydrogens is 269 g/mol. The molecule has 0 aliphatic carbocycles. The first-order valence-electron chi connectivity index (χ1n) is 4.20. The molecule has 2 aliphatic heterocycles. The maximum atomic E-state index is 11.4. The molecule has 0 aromatic rings. The van der Waals surface area contributed by atoms with Gasteiger partial charge in [-0.05, 0) is 0 Å². The van der Waals surface area contributed by atoms with Crippen molar-refractivity contribution in [2.24, 2.45) is 0 Å². The van der Waals surface area contributed by atoms with Gasteiger partial charge in [-0.25, -0.2) is 3.11 Å². The minimum atomic E-state index is 0.101. The van der Waals surface area contributed by atoms with E-state index in [9.17, 15) is 4.79 Å².